The molecule has 2 rings (SSSR count). The number of nitrogen functional groups attached to an aromatic ring is 1. The Morgan fingerprint density at radius 2 is 1.89 bits per heavy atom. The highest BCUT2D eigenvalue weighted by Gasteiger charge is 2.20. The normalized spacial score (nSPS) is 11.3. The van der Waals surface area contributed by atoms with Gasteiger partial charge in [0.25, 0.3) is 10.0 Å². The van der Waals surface area contributed by atoms with E-state index in [-0.39, 0.29) is 11.4 Å². The van der Waals surface area contributed by atoms with Crippen LogP contribution in [0.4, 0.5) is 20.2 Å². The average Bonchev–Trinajstić information content (AvgIpc) is 2.34. The molecule has 0 bridgehead atoms. The lowest BCUT2D eigenvalue weighted by atomic mass is 10.3. The molecule has 0 saturated heterocycles. The summed E-state index contributed by atoms with van der Waals surface area (Å²) in [5.41, 5.74) is 5.11. The summed E-state index contributed by atoms with van der Waals surface area (Å²) in [6.45, 7) is 0. The molecule has 1 aromatic heterocycles. The van der Waals surface area contributed by atoms with Gasteiger partial charge in [-0.25, -0.2) is 13.8 Å². The molecule has 1 heterocycles. The Balaban J connectivity index is 2.37. The van der Waals surface area contributed by atoms with Crippen LogP contribution < -0.4 is 10.5 Å². The maximum absolute atomic E-state index is 13.4. The van der Waals surface area contributed by atoms with E-state index in [4.69, 9.17) is 5.73 Å². The standard InChI is InChI=1S/C11H9F2N3O2S/c12-8-4-3-7(6-10(8)14)16-19(17,18)11-9(13)2-1-5-15-11/h1-6,16H,14H2. The minimum Gasteiger partial charge on any atom is -0.396 e. The lowest BCUT2D eigenvalue weighted by molar-refractivity contribution is 0.557. The van der Waals surface area contributed by atoms with Crippen molar-refractivity contribution in [1.29, 1.82) is 0 Å². The van der Waals surface area contributed by atoms with Crippen molar-refractivity contribution in [2.45, 2.75) is 5.03 Å². The molecule has 0 unspecified atom stereocenters. The molecule has 0 aliphatic heterocycles. The summed E-state index contributed by atoms with van der Waals surface area (Å²) in [6, 6.07) is 5.50. The second-order valence-electron chi connectivity index (χ2n) is 3.63. The Hall–Kier alpha value is -2.22. The summed E-state index contributed by atoms with van der Waals surface area (Å²) in [5, 5.41) is -0.738. The van der Waals surface area contributed by atoms with Gasteiger partial charge in [-0.1, -0.05) is 0 Å². The molecule has 1 aromatic carbocycles. The summed E-state index contributed by atoms with van der Waals surface area (Å²) in [6.07, 6.45) is 1.15. The van der Waals surface area contributed by atoms with Gasteiger partial charge in [-0.05, 0) is 30.3 Å². The molecule has 0 spiro atoms. The number of nitrogens with two attached hydrogens (primary N) is 1. The Bertz CT molecular complexity index is 720. The molecule has 8 heteroatoms. The fourth-order valence-electron chi connectivity index (χ4n) is 1.38. The van der Waals surface area contributed by atoms with E-state index in [9.17, 15) is 17.2 Å². The molecule has 0 aliphatic carbocycles. The van der Waals surface area contributed by atoms with E-state index in [0.29, 0.717) is 0 Å². The van der Waals surface area contributed by atoms with E-state index in [1.807, 2.05) is 0 Å². The molecular weight excluding hydrogens is 276 g/mol. The molecule has 3 N–H and O–H groups in total. The second kappa shape index (κ2) is 4.81. The quantitative estimate of drug-likeness (QED) is 0.841. The molecule has 0 fully saturated rings. The van der Waals surface area contributed by atoms with Crippen molar-refractivity contribution in [3.8, 4) is 0 Å². The van der Waals surface area contributed by atoms with Crippen LogP contribution in [0.2, 0.25) is 0 Å². The Kier molecular flexibility index (Phi) is 3.34. The topological polar surface area (TPSA) is 85.1 Å². The Morgan fingerprint density at radius 3 is 2.53 bits per heavy atom. The van der Waals surface area contributed by atoms with Crippen molar-refractivity contribution >= 4 is 21.4 Å². The van der Waals surface area contributed by atoms with E-state index in [2.05, 4.69) is 9.71 Å². The van der Waals surface area contributed by atoms with Gasteiger partial charge >= 0.3 is 0 Å². The molecule has 0 aliphatic rings. The first kappa shape index (κ1) is 13.2. The molecule has 0 radical (unpaired) electrons. The van der Waals surface area contributed by atoms with Crippen molar-refractivity contribution in [2.75, 3.05) is 10.5 Å². The van der Waals surface area contributed by atoms with Gasteiger partial charge in [0.1, 0.15) is 5.82 Å². The van der Waals surface area contributed by atoms with Gasteiger partial charge < -0.3 is 5.73 Å². The molecular formula is C11H9F2N3O2S. The van der Waals surface area contributed by atoms with Crippen LogP contribution in [-0.2, 0) is 10.0 Å². The lowest BCUT2D eigenvalue weighted by Crippen LogP contribution is -2.16. The monoisotopic (exact) mass is 285 g/mol. The predicted octanol–water partition coefficient (Wildman–Crippen LogP) is 1.74. The summed E-state index contributed by atoms with van der Waals surface area (Å²) >= 11 is 0. The molecule has 0 amide bonds. The van der Waals surface area contributed by atoms with Gasteiger partial charge in [0.15, 0.2) is 5.82 Å². The first-order chi connectivity index (χ1) is 8.90. The summed E-state index contributed by atoms with van der Waals surface area (Å²) in [7, 11) is -4.19. The van der Waals surface area contributed by atoms with Gasteiger partial charge in [-0.15, -0.1) is 0 Å². The minimum atomic E-state index is -4.19. The number of hydrogen-bond donors (Lipinski definition) is 2. The van der Waals surface area contributed by atoms with Crippen LogP contribution in [0.5, 0.6) is 0 Å². The van der Waals surface area contributed by atoms with E-state index in [1.54, 1.807) is 0 Å². The van der Waals surface area contributed by atoms with Gasteiger partial charge in [0.2, 0.25) is 5.03 Å². The number of sulfonamides is 1. The highest BCUT2D eigenvalue weighted by Crippen LogP contribution is 2.20. The molecule has 0 atom stereocenters. The van der Waals surface area contributed by atoms with Crippen LogP contribution in [0.3, 0.4) is 0 Å². The molecule has 19 heavy (non-hydrogen) atoms. The van der Waals surface area contributed by atoms with Crippen LogP contribution in [0.1, 0.15) is 0 Å². The summed E-state index contributed by atoms with van der Waals surface area (Å²) < 4.78 is 52.1. The number of anilines is 2. The summed E-state index contributed by atoms with van der Waals surface area (Å²) in [5.74, 6) is -1.66. The van der Waals surface area contributed by atoms with Crippen LogP contribution in [0.25, 0.3) is 0 Å². The highest BCUT2D eigenvalue weighted by molar-refractivity contribution is 7.92. The zero-order chi connectivity index (χ0) is 14.0. The lowest BCUT2D eigenvalue weighted by Gasteiger charge is -2.08. The van der Waals surface area contributed by atoms with E-state index in [1.165, 1.54) is 12.1 Å². The smallest absolute Gasteiger partial charge is 0.282 e. The highest BCUT2D eigenvalue weighted by atomic mass is 32.2. The Morgan fingerprint density at radius 1 is 1.16 bits per heavy atom. The van der Waals surface area contributed by atoms with Crippen molar-refractivity contribution in [3.05, 3.63) is 48.2 Å². The number of halogens is 2. The number of hydrogen-bond acceptors (Lipinski definition) is 4. The second-order valence-corrected chi connectivity index (χ2v) is 5.23. The maximum atomic E-state index is 13.4. The fourth-order valence-corrected chi connectivity index (χ4v) is 2.44. The maximum Gasteiger partial charge on any atom is 0.282 e. The van der Waals surface area contributed by atoms with Gasteiger partial charge in [0, 0.05) is 6.20 Å². The van der Waals surface area contributed by atoms with Crippen molar-refractivity contribution in [1.82, 2.24) is 4.98 Å². The third-order valence-electron chi connectivity index (χ3n) is 2.23. The van der Waals surface area contributed by atoms with Gasteiger partial charge in [-0.2, -0.15) is 8.42 Å². The largest absolute Gasteiger partial charge is 0.396 e. The van der Waals surface area contributed by atoms with Crippen LogP contribution >= 0.6 is 0 Å². The van der Waals surface area contributed by atoms with Crippen molar-refractivity contribution < 1.29 is 17.2 Å². The Labute approximate surface area is 108 Å². The van der Waals surface area contributed by atoms with E-state index in [0.717, 1.165) is 24.4 Å². The van der Waals surface area contributed by atoms with Crippen LogP contribution in [0, 0.1) is 11.6 Å². The minimum absolute atomic E-state index is 0.0175. The van der Waals surface area contributed by atoms with Gasteiger partial charge in [-0.3, -0.25) is 4.72 Å². The first-order valence-corrected chi connectivity index (χ1v) is 6.57. The predicted molar refractivity (Wildman–Crippen MR) is 65.8 cm³/mol. The number of aromatic nitrogens is 1. The van der Waals surface area contributed by atoms with Crippen molar-refractivity contribution in [3.63, 3.8) is 0 Å². The first-order valence-electron chi connectivity index (χ1n) is 5.08. The van der Waals surface area contributed by atoms with E-state index < -0.39 is 26.7 Å². The fraction of sp³-hybridized carbons (Fsp3) is 0. The summed E-state index contributed by atoms with van der Waals surface area (Å²) in [4.78, 5) is 3.46. The molecule has 2 aromatic rings. The van der Waals surface area contributed by atoms with Crippen LogP contribution in [-0.4, -0.2) is 13.4 Å². The number of rotatable bonds is 3. The molecule has 0 saturated carbocycles. The van der Waals surface area contributed by atoms with Crippen LogP contribution in [0.15, 0.2) is 41.6 Å². The number of nitrogens with zero attached hydrogens (tertiary/aromatic N) is 1. The van der Waals surface area contributed by atoms with Crippen molar-refractivity contribution in [2.24, 2.45) is 0 Å². The number of pyridine rings is 1. The average molecular weight is 285 g/mol. The van der Waals surface area contributed by atoms with E-state index >= 15 is 0 Å². The number of benzene rings is 1. The zero-order valence-corrected chi connectivity index (χ0v) is 10.3. The third kappa shape index (κ3) is 2.79. The zero-order valence-electron chi connectivity index (χ0n) is 9.47. The number of nitrogens with one attached hydrogen (secondary N) is 1. The third-order valence-corrected chi connectivity index (χ3v) is 3.54. The van der Waals surface area contributed by atoms with Gasteiger partial charge in [0.05, 0.1) is 11.4 Å². The molecule has 100 valence electrons. The molecule has 5 nitrogen and oxygen atoms in total. The SMILES string of the molecule is Nc1cc(NS(=O)(=O)c2ncccc2F)ccc1F.